The molecular formula is C31H41N5O6. The van der Waals surface area contributed by atoms with Crippen LogP contribution in [0, 0.1) is 11.8 Å². The Hall–Kier alpha value is -4.38. The van der Waals surface area contributed by atoms with Crippen molar-refractivity contribution in [2.45, 2.75) is 71.1 Å². The lowest BCUT2D eigenvalue weighted by Crippen LogP contribution is -2.58. The summed E-state index contributed by atoms with van der Waals surface area (Å²) in [5.74, 6) is -3.20. The van der Waals surface area contributed by atoms with E-state index in [4.69, 9.17) is 5.73 Å². The van der Waals surface area contributed by atoms with Crippen LogP contribution in [0.5, 0.6) is 5.75 Å². The molecule has 0 aliphatic heterocycles. The summed E-state index contributed by atoms with van der Waals surface area (Å²) in [6.07, 6.45) is 2.33. The third kappa shape index (κ3) is 8.81. The number of H-pyrrole nitrogens is 1. The van der Waals surface area contributed by atoms with E-state index in [0.29, 0.717) is 0 Å². The smallest absolute Gasteiger partial charge is 0.326 e. The summed E-state index contributed by atoms with van der Waals surface area (Å²) >= 11 is 0. The average Bonchev–Trinajstić information content (AvgIpc) is 3.34. The topological polar surface area (TPSA) is 187 Å². The highest BCUT2D eigenvalue weighted by Gasteiger charge is 2.32. The molecule has 0 fully saturated rings. The van der Waals surface area contributed by atoms with Crippen molar-refractivity contribution < 1.29 is 29.4 Å². The number of hydrogen-bond acceptors (Lipinski definition) is 6. The van der Waals surface area contributed by atoms with Crippen LogP contribution in [-0.4, -0.2) is 63.1 Å². The molecular weight excluding hydrogens is 538 g/mol. The zero-order valence-electron chi connectivity index (χ0n) is 24.4. The number of phenolic OH excluding ortho intramolecular Hbond substituents is 1. The molecule has 226 valence electrons. The molecule has 0 spiro atoms. The van der Waals surface area contributed by atoms with Gasteiger partial charge in [0, 0.05) is 23.5 Å². The Kier molecular flexibility index (Phi) is 11.1. The summed E-state index contributed by atoms with van der Waals surface area (Å²) in [5, 5.41) is 28.0. The molecule has 3 amide bonds. The first-order chi connectivity index (χ1) is 19.8. The first kappa shape index (κ1) is 32.1. The van der Waals surface area contributed by atoms with Crippen LogP contribution in [0.3, 0.4) is 0 Å². The molecule has 0 bridgehead atoms. The third-order valence-corrected chi connectivity index (χ3v) is 7.03. The molecule has 8 N–H and O–H groups in total. The summed E-state index contributed by atoms with van der Waals surface area (Å²) in [4.78, 5) is 54.9. The molecule has 42 heavy (non-hydrogen) atoms. The SMILES string of the molecule is CC(C)CC(NC(=O)C(Cc1c[nH]c2ccccc12)NC(=O)C(N)Cc1ccc(O)cc1)C(=O)NC(C(=O)O)C(C)C. The monoisotopic (exact) mass is 579 g/mol. The van der Waals surface area contributed by atoms with E-state index < -0.39 is 47.9 Å². The van der Waals surface area contributed by atoms with Crippen LogP contribution < -0.4 is 21.7 Å². The first-order valence-corrected chi connectivity index (χ1v) is 14.1. The number of phenols is 1. The number of carboxylic acids is 1. The Morgan fingerprint density at radius 2 is 1.45 bits per heavy atom. The average molecular weight is 580 g/mol. The molecule has 0 aliphatic carbocycles. The van der Waals surface area contributed by atoms with Crippen molar-refractivity contribution in [2.75, 3.05) is 0 Å². The van der Waals surface area contributed by atoms with E-state index >= 15 is 0 Å². The van der Waals surface area contributed by atoms with Crippen molar-refractivity contribution in [3.05, 3.63) is 65.9 Å². The predicted octanol–water partition coefficient (Wildman–Crippen LogP) is 2.23. The molecule has 4 unspecified atom stereocenters. The van der Waals surface area contributed by atoms with Gasteiger partial charge in [0.2, 0.25) is 17.7 Å². The number of aromatic hydroxyl groups is 1. The van der Waals surface area contributed by atoms with Gasteiger partial charge in [0.25, 0.3) is 0 Å². The second-order valence-corrected chi connectivity index (χ2v) is 11.4. The summed E-state index contributed by atoms with van der Waals surface area (Å²) in [5.41, 5.74) is 8.58. The summed E-state index contributed by atoms with van der Waals surface area (Å²) in [7, 11) is 0. The van der Waals surface area contributed by atoms with Crippen LogP contribution in [0.15, 0.2) is 54.7 Å². The number of amides is 3. The van der Waals surface area contributed by atoms with Gasteiger partial charge in [0.05, 0.1) is 6.04 Å². The minimum Gasteiger partial charge on any atom is -0.508 e. The van der Waals surface area contributed by atoms with Gasteiger partial charge < -0.3 is 36.9 Å². The second kappa shape index (κ2) is 14.5. The number of aromatic amines is 1. The molecule has 11 nitrogen and oxygen atoms in total. The lowest BCUT2D eigenvalue weighted by Gasteiger charge is -2.27. The maximum atomic E-state index is 13.7. The van der Waals surface area contributed by atoms with E-state index in [9.17, 15) is 29.4 Å². The van der Waals surface area contributed by atoms with Crippen LogP contribution in [0.1, 0.15) is 45.2 Å². The molecule has 3 aromatic rings. The van der Waals surface area contributed by atoms with Gasteiger partial charge in [0.15, 0.2) is 0 Å². The lowest BCUT2D eigenvalue weighted by atomic mass is 9.99. The van der Waals surface area contributed by atoms with Gasteiger partial charge >= 0.3 is 5.97 Å². The Morgan fingerprint density at radius 3 is 2.07 bits per heavy atom. The number of benzene rings is 2. The van der Waals surface area contributed by atoms with Gasteiger partial charge in [-0.2, -0.15) is 0 Å². The highest BCUT2D eigenvalue weighted by Crippen LogP contribution is 2.20. The first-order valence-electron chi connectivity index (χ1n) is 14.1. The number of aliphatic carboxylic acids is 1. The number of aromatic nitrogens is 1. The maximum Gasteiger partial charge on any atom is 0.326 e. The lowest BCUT2D eigenvalue weighted by molar-refractivity contribution is -0.143. The Morgan fingerprint density at radius 1 is 0.833 bits per heavy atom. The van der Waals surface area contributed by atoms with Crippen LogP contribution in [0.2, 0.25) is 0 Å². The standard InChI is InChI=1S/C31H41N5O6/c1-17(2)13-25(30(40)36-27(18(3)4)31(41)42)35-29(39)26(15-20-16-33-24-8-6-5-7-22(20)24)34-28(38)23(32)14-19-9-11-21(37)12-10-19/h5-12,16-18,23,25-27,33,37H,13-15,32H2,1-4H3,(H,34,38)(H,35,39)(H,36,40)(H,41,42). The third-order valence-electron chi connectivity index (χ3n) is 7.03. The molecule has 0 aliphatic rings. The van der Waals surface area contributed by atoms with Gasteiger partial charge in [-0.3, -0.25) is 14.4 Å². The highest BCUT2D eigenvalue weighted by atomic mass is 16.4. The number of rotatable bonds is 14. The van der Waals surface area contributed by atoms with Crippen molar-refractivity contribution in [3.8, 4) is 5.75 Å². The van der Waals surface area contributed by atoms with Gasteiger partial charge in [-0.05, 0) is 54.0 Å². The van der Waals surface area contributed by atoms with Crippen molar-refractivity contribution >= 4 is 34.6 Å². The molecule has 2 aromatic carbocycles. The zero-order chi connectivity index (χ0) is 31.0. The van der Waals surface area contributed by atoms with Crippen molar-refractivity contribution in [1.82, 2.24) is 20.9 Å². The van der Waals surface area contributed by atoms with Crippen LogP contribution in [0.25, 0.3) is 10.9 Å². The molecule has 0 saturated carbocycles. The highest BCUT2D eigenvalue weighted by molar-refractivity contribution is 5.95. The number of carbonyl (C=O) groups is 4. The van der Waals surface area contributed by atoms with Gasteiger partial charge in [-0.25, -0.2) is 4.79 Å². The van der Waals surface area contributed by atoms with E-state index in [-0.39, 0.29) is 36.8 Å². The second-order valence-electron chi connectivity index (χ2n) is 11.4. The van der Waals surface area contributed by atoms with Crippen molar-refractivity contribution in [3.63, 3.8) is 0 Å². The fraction of sp³-hybridized carbons (Fsp3) is 0.419. The van der Waals surface area contributed by atoms with Gasteiger partial charge in [-0.15, -0.1) is 0 Å². The maximum absolute atomic E-state index is 13.7. The van der Waals surface area contributed by atoms with E-state index in [1.807, 2.05) is 38.1 Å². The number of nitrogens with one attached hydrogen (secondary N) is 4. The van der Waals surface area contributed by atoms with Crippen molar-refractivity contribution in [1.29, 1.82) is 0 Å². The Labute approximate surface area is 245 Å². The predicted molar refractivity (Wildman–Crippen MR) is 160 cm³/mol. The molecule has 1 heterocycles. The summed E-state index contributed by atoms with van der Waals surface area (Å²) < 4.78 is 0. The van der Waals surface area contributed by atoms with Gasteiger partial charge in [-0.1, -0.05) is 58.0 Å². The zero-order valence-corrected chi connectivity index (χ0v) is 24.4. The number of para-hydroxylation sites is 1. The number of carboxylic acid groups (broad SMARTS) is 1. The van der Waals surface area contributed by atoms with Gasteiger partial charge in [0.1, 0.15) is 23.9 Å². The van der Waals surface area contributed by atoms with E-state index in [2.05, 4.69) is 20.9 Å². The fourth-order valence-corrected chi connectivity index (χ4v) is 4.73. The molecule has 0 radical (unpaired) electrons. The molecule has 0 saturated heterocycles. The van der Waals surface area contributed by atoms with E-state index in [0.717, 1.165) is 22.0 Å². The largest absolute Gasteiger partial charge is 0.508 e. The number of fused-ring (bicyclic) bond motifs is 1. The minimum absolute atomic E-state index is 0.00349. The minimum atomic E-state index is -1.17. The van der Waals surface area contributed by atoms with Crippen LogP contribution in [-0.2, 0) is 32.0 Å². The van der Waals surface area contributed by atoms with E-state index in [1.165, 1.54) is 12.1 Å². The van der Waals surface area contributed by atoms with Crippen LogP contribution in [0.4, 0.5) is 0 Å². The Balaban J connectivity index is 1.84. The summed E-state index contributed by atoms with van der Waals surface area (Å²) in [6, 6.07) is 9.68. The molecule has 4 atom stereocenters. The van der Waals surface area contributed by atoms with Crippen molar-refractivity contribution in [2.24, 2.45) is 17.6 Å². The van der Waals surface area contributed by atoms with Crippen LogP contribution >= 0.6 is 0 Å². The normalized spacial score (nSPS) is 14.3. The molecule has 1 aromatic heterocycles. The number of nitrogens with two attached hydrogens (primary N) is 1. The van der Waals surface area contributed by atoms with E-state index in [1.54, 1.807) is 32.2 Å². The molecule has 11 heteroatoms. The fourth-order valence-electron chi connectivity index (χ4n) is 4.73. The number of carbonyl (C=O) groups excluding carboxylic acids is 3. The Bertz CT molecular complexity index is 1380. The number of hydrogen-bond donors (Lipinski definition) is 7. The summed E-state index contributed by atoms with van der Waals surface area (Å²) in [6.45, 7) is 7.14. The quantitative estimate of drug-likeness (QED) is 0.152. The molecule has 3 rings (SSSR count).